The molecule has 0 fully saturated rings. The number of carboxylic acids is 1. The maximum absolute atomic E-state index is 11.4. The lowest BCUT2D eigenvalue weighted by Gasteiger charge is -2.16. The molecule has 0 saturated carbocycles. The normalized spacial score (nSPS) is 14.2. The van der Waals surface area contributed by atoms with Crippen molar-refractivity contribution in [1.29, 1.82) is 0 Å². The van der Waals surface area contributed by atoms with Crippen molar-refractivity contribution < 1.29 is 14.7 Å². The predicted octanol–water partition coefficient (Wildman–Crippen LogP) is 0.744. The van der Waals surface area contributed by atoms with E-state index in [1.54, 1.807) is 0 Å². The number of carbonyl (C=O) groups excluding carboxylic acids is 1. The molecule has 1 amide bonds. The number of carbonyl (C=O) groups is 2. The molecule has 0 saturated heterocycles. The monoisotopic (exact) mass is 230 g/mol. The van der Waals surface area contributed by atoms with Crippen LogP contribution in [0.25, 0.3) is 0 Å². The third kappa shape index (κ3) is 7.23. The van der Waals surface area contributed by atoms with Crippen molar-refractivity contribution in [3.63, 3.8) is 0 Å². The Labute approximate surface area is 96.6 Å². The fraction of sp³-hybridized carbons (Fsp3) is 0.818. The Bertz CT molecular complexity index is 231. The van der Waals surface area contributed by atoms with Gasteiger partial charge < -0.3 is 15.7 Å². The molecule has 0 aromatic heterocycles. The van der Waals surface area contributed by atoms with Gasteiger partial charge in [-0.15, -0.1) is 0 Å². The van der Waals surface area contributed by atoms with Crippen molar-refractivity contribution >= 4 is 11.9 Å². The molecule has 0 aliphatic heterocycles. The zero-order valence-electron chi connectivity index (χ0n) is 10.2. The van der Waals surface area contributed by atoms with Gasteiger partial charge >= 0.3 is 5.97 Å². The molecule has 0 spiro atoms. The van der Waals surface area contributed by atoms with Gasteiger partial charge in [-0.25, -0.2) is 0 Å². The van der Waals surface area contributed by atoms with Crippen LogP contribution in [0.4, 0.5) is 0 Å². The number of hydrogen-bond acceptors (Lipinski definition) is 3. The molecule has 0 aliphatic rings. The first-order chi connectivity index (χ1) is 7.49. The number of aliphatic carboxylic acids is 1. The van der Waals surface area contributed by atoms with Crippen LogP contribution in [0.2, 0.25) is 0 Å². The Kier molecular flexibility index (Phi) is 7.54. The maximum Gasteiger partial charge on any atom is 0.305 e. The van der Waals surface area contributed by atoms with Crippen molar-refractivity contribution in [3.8, 4) is 0 Å². The lowest BCUT2D eigenvalue weighted by atomic mass is 10.1. The molecule has 2 unspecified atom stereocenters. The highest BCUT2D eigenvalue weighted by Gasteiger charge is 2.13. The Morgan fingerprint density at radius 1 is 1.25 bits per heavy atom. The fourth-order valence-corrected chi connectivity index (χ4v) is 1.20. The minimum atomic E-state index is -0.887. The Balaban J connectivity index is 3.87. The number of rotatable bonds is 8. The van der Waals surface area contributed by atoms with E-state index in [1.807, 2.05) is 20.8 Å². The Morgan fingerprint density at radius 3 is 2.31 bits per heavy atom. The largest absolute Gasteiger partial charge is 0.481 e. The summed E-state index contributed by atoms with van der Waals surface area (Å²) in [5.41, 5.74) is 0. The van der Waals surface area contributed by atoms with Crippen molar-refractivity contribution in [3.05, 3.63) is 0 Å². The van der Waals surface area contributed by atoms with Crippen LogP contribution in [0, 0.1) is 0 Å². The lowest BCUT2D eigenvalue weighted by molar-refractivity contribution is -0.137. The van der Waals surface area contributed by atoms with Crippen LogP contribution >= 0.6 is 0 Å². The summed E-state index contributed by atoms with van der Waals surface area (Å²) in [6.07, 6.45) is 1.56. The molecule has 0 aliphatic carbocycles. The second-order valence-corrected chi connectivity index (χ2v) is 3.96. The quantitative estimate of drug-likeness (QED) is 0.575. The van der Waals surface area contributed by atoms with Crippen LogP contribution in [-0.4, -0.2) is 35.6 Å². The van der Waals surface area contributed by atoms with Gasteiger partial charge in [0.25, 0.3) is 0 Å². The van der Waals surface area contributed by atoms with Gasteiger partial charge in [-0.3, -0.25) is 9.59 Å². The molecule has 2 atom stereocenters. The summed E-state index contributed by atoms with van der Waals surface area (Å²) >= 11 is 0. The van der Waals surface area contributed by atoms with Gasteiger partial charge in [-0.1, -0.05) is 13.8 Å². The molecular formula is C11H22N2O3. The van der Waals surface area contributed by atoms with Gasteiger partial charge in [0.2, 0.25) is 5.91 Å². The fourth-order valence-electron chi connectivity index (χ4n) is 1.20. The van der Waals surface area contributed by atoms with E-state index in [0.29, 0.717) is 12.5 Å². The zero-order chi connectivity index (χ0) is 12.6. The van der Waals surface area contributed by atoms with Gasteiger partial charge in [0, 0.05) is 12.1 Å². The lowest BCUT2D eigenvalue weighted by Crippen LogP contribution is -2.43. The van der Waals surface area contributed by atoms with Crippen LogP contribution in [0.1, 0.15) is 40.0 Å². The predicted molar refractivity (Wildman–Crippen MR) is 62.2 cm³/mol. The summed E-state index contributed by atoms with van der Waals surface area (Å²) in [5.74, 6) is -1.03. The van der Waals surface area contributed by atoms with E-state index in [2.05, 4.69) is 10.6 Å². The highest BCUT2D eigenvalue weighted by atomic mass is 16.4. The molecule has 5 nitrogen and oxygen atoms in total. The first kappa shape index (κ1) is 14.9. The molecule has 0 heterocycles. The second kappa shape index (κ2) is 8.10. The number of nitrogens with one attached hydrogen (secondary N) is 2. The average molecular weight is 230 g/mol. The number of carboxylic acid groups (broad SMARTS) is 1. The van der Waals surface area contributed by atoms with E-state index in [9.17, 15) is 9.59 Å². The third-order valence-electron chi connectivity index (χ3n) is 2.50. The van der Waals surface area contributed by atoms with Crippen LogP contribution in [0.5, 0.6) is 0 Å². The number of hydrogen-bond donors (Lipinski definition) is 3. The van der Waals surface area contributed by atoms with Gasteiger partial charge in [0.1, 0.15) is 0 Å². The molecule has 0 rings (SSSR count). The van der Waals surface area contributed by atoms with E-state index < -0.39 is 5.97 Å². The highest BCUT2D eigenvalue weighted by molar-refractivity contribution is 5.79. The first-order valence-electron chi connectivity index (χ1n) is 5.74. The van der Waals surface area contributed by atoms with Gasteiger partial charge in [-0.2, -0.15) is 0 Å². The van der Waals surface area contributed by atoms with E-state index in [0.717, 1.165) is 6.42 Å². The first-order valence-corrected chi connectivity index (χ1v) is 5.74. The zero-order valence-corrected chi connectivity index (χ0v) is 10.2. The summed E-state index contributed by atoms with van der Waals surface area (Å²) in [4.78, 5) is 21.9. The van der Waals surface area contributed by atoms with Gasteiger partial charge in [0.15, 0.2) is 0 Å². The molecule has 0 aromatic rings. The minimum absolute atomic E-state index is 0.0223. The van der Waals surface area contributed by atoms with E-state index in [1.165, 1.54) is 0 Å². The van der Waals surface area contributed by atoms with Crippen LogP contribution in [-0.2, 0) is 9.59 Å². The van der Waals surface area contributed by atoms with Crippen molar-refractivity contribution in [2.24, 2.45) is 0 Å². The molecule has 0 radical (unpaired) electrons. The third-order valence-corrected chi connectivity index (χ3v) is 2.50. The van der Waals surface area contributed by atoms with Crippen molar-refractivity contribution in [2.45, 2.75) is 52.1 Å². The Hall–Kier alpha value is -1.10. The molecular weight excluding hydrogens is 208 g/mol. The minimum Gasteiger partial charge on any atom is -0.481 e. The number of amides is 1. The van der Waals surface area contributed by atoms with E-state index >= 15 is 0 Å². The van der Waals surface area contributed by atoms with Crippen molar-refractivity contribution in [2.75, 3.05) is 6.54 Å². The molecule has 0 bridgehead atoms. The topological polar surface area (TPSA) is 78.4 Å². The summed E-state index contributed by atoms with van der Waals surface area (Å²) < 4.78 is 0. The summed E-state index contributed by atoms with van der Waals surface area (Å²) in [6.45, 7) is 6.14. The molecule has 3 N–H and O–H groups in total. The maximum atomic E-state index is 11.4. The van der Waals surface area contributed by atoms with Gasteiger partial charge in [-0.05, 0) is 19.8 Å². The Morgan fingerprint density at radius 2 is 1.88 bits per heavy atom. The van der Waals surface area contributed by atoms with E-state index in [-0.39, 0.29) is 24.9 Å². The summed E-state index contributed by atoms with van der Waals surface area (Å²) in [5, 5.41) is 14.4. The van der Waals surface area contributed by atoms with Crippen LogP contribution in [0.15, 0.2) is 0 Å². The summed E-state index contributed by atoms with van der Waals surface area (Å²) in [7, 11) is 0. The summed E-state index contributed by atoms with van der Waals surface area (Å²) in [6, 6.07) is 0.0223. The highest BCUT2D eigenvalue weighted by Crippen LogP contribution is 1.97. The smallest absolute Gasteiger partial charge is 0.305 e. The SMILES string of the molecule is CCC(C)NCC(=O)NC(CC)CC(=O)O. The molecule has 5 heteroatoms. The van der Waals surface area contributed by atoms with Gasteiger partial charge in [0.05, 0.1) is 13.0 Å². The molecule has 16 heavy (non-hydrogen) atoms. The molecule has 94 valence electrons. The molecule has 0 aromatic carbocycles. The second-order valence-electron chi connectivity index (χ2n) is 3.96. The van der Waals surface area contributed by atoms with E-state index in [4.69, 9.17) is 5.11 Å². The van der Waals surface area contributed by atoms with Crippen LogP contribution in [0.3, 0.4) is 0 Å². The standard InChI is InChI=1S/C11H22N2O3/c1-4-8(3)12-7-10(14)13-9(5-2)6-11(15)16/h8-9,12H,4-7H2,1-3H3,(H,13,14)(H,15,16). The average Bonchev–Trinajstić information content (AvgIpc) is 2.24. The van der Waals surface area contributed by atoms with Crippen LogP contribution < -0.4 is 10.6 Å². The van der Waals surface area contributed by atoms with Crippen molar-refractivity contribution in [1.82, 2.24) is 10.6 Å².